The van der Waals surface area contributed by atoms with E-state index in [1.165, 1.54) is 225 Å². The number of nitrogens with zero attached hydrogens (tertiary/aromatic N) is 4. The van der Waals surface area contributed by atoms with Crippen LogP contribution in [-0.4, -0.2) is 55.1 Å². The van der Waals surface area contributed by atoms with E-state index in [9.17, 15) is 37.1 Å². The first-order valence-corrected chi connectivity index (χ1v) is 31.5. The fourth-order valence-corrected chi connectivity index (χ4v) is 9.77. The number of hydrogen-bond donors (Lipinski definition) is 0. The van der Waals surface area contributed by atoms with E-state index < -0.39 is 41.9 Å². The summed E-state index contributed by atoms with van der Waals surface area (Å²) < 4.78 is 76.3. The smallest absolute Gasteiger partial charge is 0.455 e. The number of carbonyl (C=O) groups is 5. The Morgan fingerprint density at radius 3 is 0.876 bits per heavy atom. The highest BCUT2D eigenvalue weighted by Gasteiger charge is 2.45. The van der Waals surface area contributed by atoms with Gasteiger partial charge in [0.15, 0.2) is 0 Å². The van der Waals surface area contributed by atoms with Gasteiger partial charge >= 0.3 is 36.1 Å². The number of urea groups is 1. The fourth-order valence-electron chi connectivity index (χ4n) is 9.77. The van der Waals surface area contributed by atoms with Crippen molar-refractivity contribution >= 4 is 47.1 Å². The second-order valence-corrected chi connectivity index (χ2v) is 22.0. The van der Waals surface area contributed by atoms with E-state index in [0.717, 1.165) is 25.7 Å². The molecule has 6 aromatic carbocycles. The van der Waals surface area contributed by atoms with Crippen LogP contribution < -0.4 is 43.9 Å². The second-order valence-electron chi connectivity index (χ2n) is 22.0. The largest absolute Gasteiger partial charge is 0.494 e. The van der Waals surface area contributed by atoms with Crippen LogP contribution in [0.25, 0.3) is 0 Å². The molecule has 15 nitrogen and oxygen atoms in total. The third-order valence-electron chi connectivity index (χ3n) is 14.9. The lowest BCUT2D eigenvalue weighted by Crippen LogP contribution is -2.55. The Balaban J connectivity index is 0.815. The van der Waals surface area contributed by atoms with Gasteiger partial charge in [-0.15, -0.1) is 10.5 Å². The number of hydrazone groups is 1. The SMILES string of the molecule is CCCCCCCCCCCCCCOc1ccc(C(=O)Oc2ccc(C(=O)Oc3ccc(N4[N]C(C(F)(F)F)=NN(c5ccc(OC(=O)c6ccc(OC(=O)c7ccc(OCCCCCCCCCCCCCC)cc7)cc6)cc5)C4=O)cc3)cc2)cc1. The fraction of sp³-hybridized carbons (Fsp3) is 0.408. The molecule has 0 saturated carbocycles. The highest BCUT2D eigenvalue weighted by Crippen LogP contribution is 2.31. The van der Waals surface area contributed by atoms with Crippen molar-refractivity contribution in [3.8, 4) is 34.5 Å². The summed E-state index contributed by atoms with van der Waals surface area (Å²) in [6, 6.07) is 33.6. The van der Waals surface area contributed by atoms with E-state index in [-0.39, 0.29) is 45.5 Å². The highest BCUT2D eigenvalue weighted by atomic mass is 19.4. The van der Waals surface area contributed by atoms with Crippen molar-refractivity contribution in [3.05, 3.63) is 168 Å². The summed E-state index contributed by atoms with van der Waals surface area (Å²) in [5, 5.41) is 4.46. The number of amidine groups is 1. The molecule has 0 aromatic heterocycles. The van der Waals surface area contributed by atoms with Crippen molar-refractivity contribution < 1.29 is 65.6 Å². The zero-order valence-corrected chi connectivity index (χ0v) is 51.2. The summed E-state index contributed by atoms with van der Waals surface area (Å²) in [4.78, 5) is 65.7. The number of amides is 2. The van der Waals surface area contributed by atoms with Crippen molar-refractivity contribution in [2.75, 3.05) is 23.2 Å². The van der Waals surface area contributed by atoms with Gasteiger partial charge in [-0.25, -0.2) is 24.0 Å². The van der Waals surface area contributed by atoms with Gasteiger partial charge in [-0.1, -0.05) is 155 Å². The van der Waals surface area contributed by atoms with E-state index in [4.69, 9.17) is 28.4 Å². The Bertz CT molecular complexity index is 3160. The zero-order valence-electron chi connectivity index (χ0n) is 51.2. The molecular formula is C71H82F3N4O11. The Morgan fingerprint density at radius 1 is 0.348 bits per heavy atom. The van der Waals surface area contributed by atoms with Crippen LogP contribution in [0.15, 0.2) is 151 Å². The Hall–Kier alpha value is -8.67. The summed E-state index contributed by atoms with van der Waals surface area (Å²) in [7, 11) is 0. The van der Waals surface area contributed by atoms with Gasteiger partial charge in [0.05, 0.1) is 46.8 Å². The maximum absolute atomic E-state index is 14.2. The van der Waals surface area contributed by atoms with Crippen LogP contribution in [0.4, 0.5) is 29.3 Å². The van der Waals surface area contributed by atoms with Crippen LogP contribution in [0, 0.1) is 0 Å². The minimum atomic E-state index is -5.08. The molecule has 1 radical (unpaired) electrons. The van der Waals surface area contributed by atoms with Gasteiger partial charge in [0, 0.05) is 0 Å². The predicted molar refractivity (Wildman–Crippen MR) is 338 cm³/mol. The molecule has 473 valence electrons. The number of anilines is 2. The average molecular weight is 1220 g/mol. The molecule has 89 heavy (non-hydrogen) atoms. The van der Waals surface area contributed by atoms with Crippen molar-refractivity contribution in [1.29, 1.82) is 0 Å². The summed E-state index contributed by atoms with van der Waals surface area (Å²) in [5.41, 5.74) is 4.06. The van der Waals surface area contributed by atoms with E-state index in [2.05, 4.69) is 24.4 Å². The number of rotatable bonds is 38. The molecule has 1 heterocycles. The standard InChI is InChI=1S/C71H82F3N4O11/c1-3-5-7-9-11-13-15-17-19-21-23-25-51-84-59-39-27-53(28-40-59)65(79)86-61-43-31-55(32-44-61)67(81)88-63-47-35-57(36-48-63)77-70(83)78(76-69(75-77)71(72,73)74)58-37-49-64(50-38-58)89-68(82)56-33-45-62(46-34-56)87-66(80)54-29-41-60(42-30-54)85-52-26-24-22-20-18-16-14-12-10-8-6-4-2/h27-50H,3-26,51-52H2,1-2H3. The lowest BCUT2D eigenvalue weighted by atomic mass is 10.1. The molecule has 7 rings (SSSR count). The maximum atomic E-state index is 14.2. The van der Waals surface area contributed by atoms with Gasteiger partial charge < -0.3 is 28.4 Å². The highest BCUT2D eigenvalue weighted by molar-refractivity contribution is 6.10. The molecule has 0 fully saturated rings. The Kier molecular flexibility index (Phi) is 27.9. The Labute approximate surface area is 520 Å². The van der Waals surface area contributed by atoms with Crippen LogP contribution in [-0.2, 0) is 0 Å². The molecule has 0 unspecified atom stereocenters. The number of esters is 4. The van der Waals surface area contributed by atoms with Crippen molar-refractivity contribution in [1.82, 2.24) is 5.43 Å². The summed E-state index contributed by atoms with van der Waals surface area (Å²) >= 11 is 0. The lowest BCUT2D eigenvalue weighted by molar-refractivity contribution is -0.0625. The van der Waals surface area contributed by atoms with E-state index in [1.807, 2.05) is 0 Å². The number of benzene rings is 6. The van der Waals surface area contributed by atoms with Gasteiger partial charge in [-0.05, 0) is 158 Å². The van der Waals surface area contributed by atoms with Crippen LogP contribution in [0.5, 0.6) is 34.5 Å². The minimum Gasteiger partial charge on any atom is -0.494 e. The van der Waals surface area contributed by atoms with Gasteiger partial charge in [0.1, 0.15) is 34.5 Å². The summed E-state index contributed by atoms with van der Waals surface area (Å²) in [6.45, 7) is 5.67. The van der Waals surface area contributed by atoms with Gasteiger partial charge in [-0.2, -0.15) is 23.2 Å². The van der Waals surface area contributed by atoms with Crippen LogP contribution >= 0.6 is 0 Å². The van der Waals surface area contributed by atoms with Crippen LogP contribution in [0.1, 0.15) is 209 Å². The molecule has 18 heteroatoms. The normalized spacial score (nSPS) is 12.2. The van der Waals surface area contributed by atoms with Crippen LogP contribution in [0.2, 0.25) is 0 Å². The van der Waals surface area contributed by atoms with E-state index in [0.29, 0.717) is 45.9 Å². The quantitative estimate of drug-likeness (QED) is 0.0205. The molecule has 0 saturated heterocycles. The van der Waals surface area contributed by atoms with Crippen LogP contribution in [0.3, 0.4) is 0 Å². The second kappa shape index (κ2) is 36.6. The van der Waals surface area contributed by atoms with Gasteiger partial charge in [0.2, 0.25) is 0 Å². The summed E-state index contributed by atoms with van der Waals surface area (Å²) in [6.07, 6.45) is 25.2. The number of carbonyl (C=O) groups excluding carboxylic acids is 5. The van der Waals surface area contributed by atoms with Crippen molar-refractivity contribution in [2.45, 2.75) is 174 Å². The number of unbranched alkanes of at least 4 members (excludes halogenated alkanes) is 22. The van der Waals surface area contributed by atoms with E-state index in [1.54, 1.807) is 48.5 Å². The zero-order chi connectivity index (χ0) is 63.1. The first kappa shape index (κ1) is 67.8. The number of alkyl halides is 3. The Morgan fingerprint density at radius 2 is 0.596 bits per heavy atom. The topological polar surface area (TPSA) is 174 Å². The third kappa shape index (κ3) is 23.1. The molecule has 0 spiro atoms. The molecule has 1 aliphatic rings. The third-order valence-corrected chi connectivity index (χ3v) is 14.9. The molecule has 0 N–H and O–H groups in total. The number of hydrogen-bond acceptors (Lipinski definition) is 12. The molecule has 0 bridgehead atoms. The predicted octanol–water partition coefficient (Wildman–Crippen LogP) is 18.6. The minimum absolute atomic E-state index is 0.00564. The maximum Gasteiger partial charge on any atom is 0.455 e. The lowest BCUT2D eigenvalue weighted by Gasteiger charge is -2.32. The van der Waals surface area contributed by atoms with Gasteiger partial charge in [-0.3, -0.25) is 0 Å². The average Bonchev–Trinajstić information content (AvgIpc) is 3.16. The number of halogens is 3. The number of ether oxygens (including phenoxy) is 6. The van der Waals surface area contributed by atoms with Crippen molar-refractivity contribution in [2.24, 2.45) is 5.10 Å². The summed E-state index contributed by atoms with van der Waals surface area (Å²) in [5.74, 6) is -2.78. The van der Waals surface area contributed by atoms with Gasteiger partial charge in [0.25, 0.3) is 5.84 Å². The van der Waals surface area contributed by atoms with Crippen molar-refractivity contribution in [3.63, 3.8) is 0 Å². The monoisotopic (exact) mass is 1220 g/mol. The molecule has 0 atom stereocenters. The molecule has 2 amide bonds. The molecule has 0 aliphatic carbocycles. The molecular weight excluding hydrogens is 1140 g/mol. The molecule has 1 aliphatic heterocycles. The van der Waals surface area contributed by atoms with E-state index >= 15 is 0 Å². The first-order chi connectivity index (χ1) is 43.3. The molecule has 6 aromatic rings. The first-order valence-electron chi connectivity index (χ1n) is 31.5.